The third kappa shape index (κ3) is 4.19. The lowest BCUT2D eigenvalue weighted by Crippen LogP contribution is -2.34. The van der Waals surface area contributed by atoms with E-state index in [0.29, 0.717) is 6.42 Å². The van der Waals surface area contributed by atoms with Crippen LogP contribution in [0.4, 0.5) is 11.4 Å². The summed E-state index contributed by atoms with van der Waals surface area (Å²) >= 11 is 0. The van der Waals surface area contributed by atoms with Crippen LogP contribution in [0.3, 0.4) is 0 Å². The second-order valence-corrected chi connectivity index (χ2v) is 5.33. The van der Waals surface area contributed by atoms with E-state index in [1.165, 1.54) is 0 Å². The molecule has 1 heterocycles. The molecule has 0 radical (unpaired) electrons. The van der Waals surface area contributed by atoms with E-state index >= 15 is 0 Å². The van der Waals surface area contributed by atoms with Gasteiger partial charge in [-0.25, -0.2) is 0 Å². The SMILES string of the molecule is CC(N)C(C)C(=O)Nc1ccc(N2CCCC2=O)cc1.Cl. The predicted octanol–water partition coefficient (Wildman–Crippen LogP) is 2.16. The number of halogens is 1. The first-order valence-corrected chi connectivity index (χ1v) is 6.96. The Balaban J connectivity index is 0.00000220. The van der Waals surface area contributed by atoms with Gasteiger partial charge >= 0.3 is 0 Å². The molecule has 116 valence electrons. The van der Waals surface area contributed by atoms with Crippen molar-refractivity contribution in [2.24, 2.45) is 11.7 Å². The fourth-order valence-corrected chi connectivity index (χ4v) is 2.14. The zero-order valence-corrected chi connectivity index (χ0v) is 13.2. The molecule has 1 saturated heterocycles. The van der Waals surface area contributed by atoms with Crippen LogP contribution in [0.2, 0.25) is 0 Å². The molecule has 1 aliphatic rings. The quantitative estimate of drug-likeness (QED) is 0.894. The molecule has 0 saturated carbocycles. The van der Waals surface area contributed by atoms with Gasteiger partial charge in [0.2, 0.25) is 11.8 Å². The molecule has 0 bridgehead atoms. The van der Waals surface area contributed by atoms with Crippen molar-refractivity contribution in [3.63, 3.8) is 0 Å². The topological polar surface area (TPSA) is 75.4 Å². The second-order valence-electron chi connectivity index (χ2n) is 5.33. The minimum absolute atomic E-state index is 0. The van der Waals surface area contributed by atoms with E-state index in [0.717, 1.165) is 24.3 Å². The molecular weight excluding hydrogens is 290 g/mol. The fraction of sp³-hybridized carbons (Fsp3) is 0.467. The summed E-state index contributed by atoms with van der Waals surface area (Å²) < 4.78 is 0. The number of hydrogen-bond donors (Lipinski definition) is 2. The van der Waals surface area contributed by atoms with Crippen LogP contribution in [-0.4, -0.2) is 24.4 Å². The Labute approximate surface area is 131 Å². The van der Waals surface area contributed by atoms with E-state index in [4.69, 9.17) is 5.73 Å². The molecule has 21 heavy (non-hydrogen) atoms. The number of carbonyl (C=O) groups is 2. The third-order valence-electron chi connectivity index (χ3n) is 3.72. The number of amides is 2. The lowest BCUT2D eigenvalue weighted by atomic mass is 10.0. The second kappa shape index (κ2) is 7.43. The smallest absolute Gasteiger partial charge is 0.228 e. The first-order chi connectivity index (χ1) is 9.49. The van der Waals surface area contributed by atoms with E-state index in [9.17, 15) is 9.59 Å². The van der Waals surface area contributed by atoms with Gasteiger partial charge in [0.25, 0.3) is 0 Å². The van der Waals surface area contributed by atoms with Crippen LogP contribution in [0.25, 0.3) is 0 Å². The number of rotatable bonds is 4. The molecule has 0 aliphatic carbocycles. The molecule has 2 unspecified atom stereocenters. The molecule has 1 fully saturated rings. The minimum Gasteiger partial charge on any atom is -0.327 e. The maximum atomic E-state index is 11.9. The van der Waals surface area contributed by atoms with Gasteiger partial charge in [-0.3, -0.25) is 9.59 Å². The minimum atomic E-state index is -0.241. The van der Waals surface area contributed by atoms with Crippen molar-refractivity contribution < 1.29 is 9.59 Å². The highest BCUT2D eigenvalue weighted by molar-refractivity contribution is 5.96. The van der Waals surface area contributed by atoms with E-state index in [2.05, 4.69) is 5.32 Å². The van der Waals surface area contributed by atoms with Crippen LogP contribution in [-0.2, 0) is 9.59 Å². The summed E-state index contributed by atoms with van der Waals surface area (Å²) in [4.78, 5) is 25.3. The largest absolute Gasteiger partial charge is 0.327 e. The first kappa shape index (κ1) is 17.5. The zero-order chi connectivity index (χ0) is 14.7. The van der Waals surface area contributed by atoms with Crippen LogP contribution in [0.5, 0.6) is 0 Å². The molecule has 0 spiro atoms. The molecule has 2 rings (SSSR count). The number of benzene rings is 1. The Hall–Kier alpha value is -1.59. The molecule has 6 heteroatoms. The summed E-state index contributed by atoms with van der Waals surface area (Å²) in [5.41, 5.74) is 7.31. The van der Waals surface area contributed by atoms with Gasteiger partial charge < -0.3 is 16.0 Å². The Morgan fingerprint density at radius 3 is 2.38 bits per heavy atom. The first-order valence-electron chi connectivity index (χ1n) is 6.96. The lowest BCUT2D eigenvalue weighted by molar-refractivity contribution is -0.120. The van der Waals surface area contributed by atoms with Gasteiger partial charge in [-0.15, -0.1) is 12.4 Å². The van der Waals surface area contributed by atoms with Gasteiger partial charge in [0.05, 0.1) is 5.92 Å². The maximum absolute atomic E-state index is 11.9. The Morgan fingerprint density at radius 1 is 1.29 bits per heavy atom. The molecule has 5 nitrogen and oxygen atoms in total. The number of nitrogens with one attached hydrogen (secondary N) is 1. The molecule has 0 aromatic heterocycles. The van der Waals surface area contributed by atoms with Gasteiger partial charge in [0.15, 0.2) is 0 Å². The highest BCUT2D eigenvalue weighted by Gasteiger charge is 2.21. The summed E-state index contributed by atoms with van der Waals surface area (Å²) in [7, 11) is 0. The number of carbonyl (C=O) groups excluding carboxylic acids is 2. The molecule has 2 atom stereocenters. The summed E-state index contributed by atoms with van der Waals surface area (Å²) in [5.74, 6) is -0.174. The van der Waals surface area contributed by atoms with Crippen LogP contribution in [0.15, 0.2) is 24.3 Å². The fourth-order valence-electron chi connectivity index (χ4n) is 2.14. The Bertz CT molecular complexity index is 502. The normalized spacial score (nSPS) is 17.1. The molecule has 1 aliphatic heterocycles. The Morgan fingerprint density at radius 2 is 1.90 bits per heavy atom. The summed E-state index contributed by atoms with van der Waals surface area (Å²) in [6.07, 6.45) is 1.52. The number of anilines is 2. The van der Waals surface area contributed by atoms with Crippen LogP contribution >= 0.6 is 12.4 Å². The van der Waals surface area contributed by atoms with Crippen LogP contribution in [0, 0.1) is 5.92 Å². The number of hydrogen-bond acceptors (Lipinski definition) is 3. The van der Waals surface area contributed by atoms with Crippen molar-refractivity contribution >= 4 is 35.6 Å². The van der Waals surface area contributed by atoms with Gasteiger partial charge in [0.1, 0.15) is 0 Å². The third-order valence-corrected chi connectivity index (χ3v) is 3.72. The highest BCUT2D eigenvalue weighted by Crippen LogP contribution is 2.23. The number of nitrogens with two attached hydrogens (primary N) is 1. The van der Waals surface area contributed by atoms with E-state index < -0.39 is 0 Å². The molecular formula is C15H22ClN3O2. The van der Waals surface area contributed by atoms with Gasteiger partial charge in [-0.1, -0.05) is 6.92 Å². The Kier molecular flexibility index (Phi) is 6.18. The van der Waals surface area contributed by atoms with Crippen LogP contribution < -0.4 is 16.0 Å². The van der Waals surface area contributed by atoms with E-state index in [-0.39, 0.29) is 36.2 Å². The average molecular weight is 312 g/mol. The van der Waals surface area contributed by atoms with Crippen molar-refractivity contribution in [3.05, 3.63) is 24.3 Å². The average Bonchev–Trinajstić information content (AvgIpc) is 2.85. The van der Waals surface area contributed by atoms with Gasteiger partial charge in [-0.05, 0) is 37.6 Å². The maximum Gasteiger partial charge on any atom is 0.228 e. The van der Waals surface area contributed by atoms with Gasteiger partial charge in [-0.2, -0.15) is 0 Å². The summed E-state index contributed by atoms with van der Waals surface area (Å²) in [6, 6.07) is 7.15. The van der Waals surface area contributed by atoms with E-state index in [1.807, 2.05) is 31.2 Å². The van der Waals surface area contributed by atoms with Crippen molar-refractivity contribution in [2.75, 3.05) is 16.8 Å². The van der Waals surface area contributed by atoms with Gasteiger partial charge in [0, 0.05) is 30.4 Å². The van der Waals surface area contributed by atoms with Crippen molar-refractivity contribution in [1.82, 2.24) is 0 Å². The molecule has 1 aromatic rings. The molecule has 2 amide bonds. The van der Waals surface area contributed by atoms with Crippen LogP contribution in [0.1, 0.15) is 26.7 Å². The van der Waals surface area contributed by atoms with Crippen molar-refractivity contribution in [2.45, 2.75) is 32.7 Å². The summed E-state index contributed by atoms with van der Waals surface area (Å²) in [6.45, 7) is 4.38. The monoisotopic (exact) mass is 311 g/mol. The number of nitrogens with zero attached hydrogens (tertiary/aromatic N) is 1. The zero-order valence-electron chi connectivity index (χ0n) is 12.3. The standard InChI is InChI=1S/C15H21N3O2.ClH/c1-10(11(2)16)15(20)17-12-5-7-13(8-6-12)18-9-3-4-14(18)19;/h5-8,10-11H,3-4,9,16H2,1-2H3,(H,17,20);1H. The molecule has 1 aromatic carbocycles. The molecule has 3 N–H and O–H groups in total. The van der Waals surface area contributed by atoms with E-state index in [1.54, 1.807) is 11.8 Å². The van der Waals surface area contributed by atoms with Crippen molar-refractivity contribution in [3.8, 4) is 0 Å². The highest BCUT2D eigenvalue weighted by atomic mass is 35.5. The lowest BCUT2D eigenvalue weighted by Gasteiger charge is -2.17. The predicted molar refractivity (Wildman–Crippen MR) is 86.7 cm³/mol. The summed E-state index contributed by atoms with van der Waals surface area (Å²) in [5, 5.41) is 2.83. The van der Waals surface area contributed by atoms with Crippen molar-refractivity contribution in [1.29, 1.82) is 0 Å².